The standard InChI is InChI=1S/C11H11FN2/c1-9-3-2-6-14(9)8-10-4-5-13-11(12)7-10/h2-7H,8H2,1H3. The Morgan fingerprint density at radius 2 is 2.29 bits per heavy atom. The Bertz CT molecular complexity index is 434. The van der Waals surface area contributed by atoms with Crippen LogP contribution in [0, 0.1) is 12.9 Å². The molecule has 0 aliphatic rings. The van der Waals surface area contributed by atoms with E-state index >= 15 is 0 Å². The molecular formula is C11H11FN2. The second-order valence-corrected chi connectivity index (χ2v) is 3.26. The molecule has 0 aliphatic heterocycles. The van der Waals surface area contributed by atoms with Crippen molar-refractivity contribution in [2.45, 2.75) is 13.5 Å². The molecule has 0 aliphatic carbocycles. The lowest BCUT2D eigenvalue weighted by Crippen LogP contribution is -2.00. The number of hydrogen-bond donors (Lipinski definition) is 0. The van der Waals surface area contributed by atoms with Crippen molar-refractivity contribution < 1.29 is 4.39 Å². The molecule has 2 heterocycles. The Labute approximate surface area is 82.0 Å². The lowest BCUT2D eigenvalue weighted by molar-refractivity contribution is 0.579. The predicted molar refractivity (Wildman–Crippen MR) is 52.5 cm³/mol. The monoisotopic (exact) mass is 190 g/mol. The van der Waals surface area contributed by atoms with E-state index in [4.69, 9.17) is 0 Å². The molecule has 0 unspecified atom stereocenters. The van der Waals surface area contributed by atoms with Gasteiger partial charge in [-0.05, 0) is 36.8 Å². The van der Waals surface area contributed by atoms with Crippen molar-refractivity contribution in [3.05, 3.63) is 53.9 Å². The first-order valence-electron chi connectivity index (χ1n) is 4.48. The zero-order chi connectivity index (χ0) is 9.97. The molecule has 2 aromatic heterocycles. The van der Waals surface area contributed by atoms with E-state index in [2.05, 4.69) is 9.55 Å². The van der Waals surface area contributed by atoms with Gasteiger partial charge in [-0.15, -0.1) is 0 Å². The zero-order valence-electron chi connectivity index (χ0n) is 7.94. The molecule has 0 N–H and O–H groups in total. The van der Waals surface area contributed by atoms with Gasteiger partial charge in [-0.25, -0.2) is 4.98 Å². The number of hydrogen-bond acceptors (Lipinski definition) is 1. The highest BCUT2D eigenvalue weighted by Gasteiger charge is 1.99. The van der Waals surface area contributed by atoms with E-state index in [0.29, 0.717) is 6.54 Å². The molecular weight excluding hydrogens is 179 g/mol. The minimum absolute atomic E-state index is 0.424. The van der Waals surface area contributed by atoms with Crippen LogP contribution in [-0.4, -0.2) is 9.55 Å². The third kappa shape index (κ3) is 1.82. The molecule has 0 fully saturated rings. The summed E-state index contributed by atoms with van der Waals surface area (Å²) in [7, 11) is 0. The van der Waals surface area contributed by atoms with Crippen LogP contribution in [0.3, 0.4) is 0 Å². The summed E-state index contributed by atoms with van der Waals surface area (Å²) in [4.78, 5) is 3.52. The maximum absolute atomic E-state index is 12.8. The van der Waals surface area contributed by atoms with Gasteiger partial charge in [0, 0.05) is 24.6 Å². The lowest BCUT2D eigenvalue weighted by atomic mass is 10.2. The molecule has 2 aromatic rings. The largest absolute Gasteiger partial charge is 0.347 e. The highest BCUT2D eigenvalue weighted by Crippen LogP contribution is 2.06. The fraction of sp³-hybridized carbons (Fsp3) is 0.182. The van der Waals surface area contributed by atoms with Crippen molar-refractivity contribution >= 4 is 0 Å². The normalized spacial score (nSPS) is 10.4. The van der Waals surface area contributed by atoms with Gasteiger partial charge in [0.2, 0.25) is 5.95 Å². The second-order valence-electron chi connectivity index (χ2n) is 3.26. The number of aryl methyl sites for hydroxylation is 1. The highest BCUT2D eigenvalue weighted by atomic mass is 19.1. The molecule has 0 aromatic carbocycles. The molecule has 72 valence electrons. The number of aromatic nitrogens is 2. The van der Waals surface area contributed by atoms with E-state index in [-0.39, 0.29) is 0 Å². The van der Waals surface area contributed by atoms with Crippen LogP contribution in [-0.2, 0) is 6.54 Å². The van der Waals surface area contributed by atoms with Gasteiger partial charge in [0.1, 0.15) is 0 Å². The van der Waals surface area contributed by atoms with Crippen molar-refractivity contribution in [3.8, 4) is 0 Å². The summed E-state index contributed by atoms with van der Waals surface area (Å²) in [6, 6.07) is 7.28. The van der Waals surface area contributed by atoms with Crippen LogP contribution in [0.2, 0.25) is 0 Å². The van der Waals surface area contributed by atoms with Gasteiger partial charge in [0.05, 0.1) is 0 Å². The third-order valence-electron chi connectivity index (χ3n) is 2.20. The molecule has 0 saturated heterocycles. The lowest BCUT2D eigenvalue weighted by Gasteiger charge is -2.05. The molecule has 0 saturated carbocycles. The Balaban J connectivity index is 2.23. The molecule has 0 radical (unpaired) electrons. The Morgan fingerprint density at radius 3 is 2.93 bits per heavy atom. The van der Waals surface area contributed by atoms with E-state index in [0.717, 1.165) is 5.56 Å². The average molecular weight is 190 g/mol. The highest BCUT2D eigenvalue weighted by molar-refractivity contribution is 5.14. The summed E-state index contributed by atoms with van der Waals surface area (Å²) < 4.78 is 14.8. The van der Waals surface area contributed by atoms with Gasteiger partial charge in [-0.2, -0.15) is 4.39 Å². The van der Waals surface area contributed by atoms with Crippen LogP contribution in [0.5, 0.6) is 0 Å². The van der Waals surface area contributed by atoms with Crippen LogP contribution in [0.4, 0.5) is 4.39 Å². The quantitative estimate of drug-likeness (QED) is 0.665. The third-order valence-corrected chi connectivity index (χ3v) is 2.20. The van der Waals surface area contributed by atoms with E-state index < -0.39 is 5.95 Å². The van der Waals surface area contributed by atoms with Crippen LogP contribution < -0.4 is 0 Å². The molecule has 0 atom stereocenters. The van der Waals surface area contributed by atoms with Gasteiger partial charge in [0.15, 0.2) is 0 Å². The van der Waals surface area contributed by atoms with Gasteiger partial charge >= 0.3 is 0 Å². The summed E-state index contributed by atoms with van der Waals surface area (Å²) in [5.74, 6) is -0.424. The molecule has 2 rings (SSSR count). The Hall–Kier alpha value is -1.64. The fourth-order valence-electron chi connectivity index (χ4n) is 1.41. The predicted octanol–water partition coefficient (Wildman–Crippen LogP) is 2.38. The topological polar surface area (TPSA) is 17.8 Å². The first-order valence-corrected chi connectivity index (χ1v) is 4.48. The first kappa shape index (κ1) is 8.94. The van der Waals surface area contributed by atoms with E-state index in [1.807, 2.05) is 31.3 Å². The summed E-state index contributed by atoms with van der Waals surface area (Å²) in [6.07, 6.45) is 3.47. The number of pyridine rings is 1. The zero-order valence-corrected chi connectivity index (χ0v) is 7.94. The molecule has 0 amide bonds. The van der Waals surface area contributed by atoms with E-state index in [1.165, 1.54) is 18.0 Å². The minimum atomic E-state index is -0.424. The SMILES string of the molecule is Cc1cccn1Cc1ccnc(F)c1. The molecule has 2 nitrogen and oxygen atoms in total. The van der Waals surface area contributed by atoms with E-state index in [9.17, 15) is 4.39 Å². The van der Waals surface area contributed by atoms with Crippen molar-refractivity contribution in [3.63, 3.8) is 0 Å². The van der Waals surface area contributed by atoms with Crippen molar-refractivity contribution in [1.29, 1.82) is 0 Å². The van der Waals surface area contributed by atoms with Crippen LogP contribution in [0.15, 0.2) is 36.7 Å². The van der Waals surface area contributed by atoms with Crippen LogP contribution >= 0.6 is 0 Å². The van der Waals surface area contributed by atoms with Gasteiger partial charge in [0.25, 0.3) is 0 Å². The summed E-state index contributed by atoms with van der Waals surface area (Å²) in [5, 5.41) is 0. The van der Waals surface area contributed by atoms with Crippen LogP contribution in [0.1, 0.15) is 11.3 Å². The summed E-state index contributed by atoms with van der Waals surface area (Å²) in [5.41, 5.74) is 2.10. The van der Waals surface area contributed by atoms with Crippen LogP contribution in [0.25, 0.3) is 0 Å². The first-order chi connectivity index (χ1) is 6.75. The van der Waals surface area contributed by atoms with Crippen molar-refractivity contribution in [2.24, 2.45) is 0 Å². The van der Waals surface area contributed by atoms with E-state index in [1.54, 1.807) is 0 Å². The molecule has 0 spiro atoms. The fourth-order valence-corrected chi connectivity index (χ4v) is 1.41. The molecule has 3 heteroatoms. The van der Waals surface area contributed by atoms with Crippen molar-refractivity contribution in [2.75, 3.05) is 0 Å². The van der Waals surface area contributed by atoms with Gasteiger partial charge in [-0.1, -0.05) is 0 Å². The van der Waals surface area contributed by atoms with Crippen molar-refractivity contribution in [1.82, 2.24) is 9.55 Å². The summed E-state index contributed by atoms with van der Waals surface area (Å²) in [6.45, 7) is 2.72. The maximum atomic E-state index is 12.8. The summed E-state index contributed by atoms with van der Waals surface area (Å²) >= 11 is 0. The number of nitrogens with zero attached hydrogens (tertiary/aromatic N) is 2. The number of rotatable bonds is 2. The Morgan fingerprint density at radius 1 is 1.43 bits per heavy atom. The minimum Gasteiger partial charge on any atom is -0.347 e. The maximum Gasteiger partial charge on any atom is 0.213 e. The second kappa shape index (κ2) is 3.62. The van der Waals surface area contributed by atoms with Gasteiger partial charge < -0.3 is 4.57 Å². The Kier molecular flexibility index (Phi) is 2.31. The number of halogens is 1. The molecule has 0 bridgehead atoms. The molecule has 14 heavy (non-hydrogen) atoms. The average Bonchev–Trinajstić information content (AvgIpc) is 2.52. The smallest absolute Gasteiger partial charge is 0.213 e. The van der Waals surface area contributed by atoms with Gasteiger partial charge in [-0.3, -0.25) is 0 Å².